The molecule has 0 aliphatic carbocycles. The number of pyridine rings is 2. The number of phenolic OH excluding ortho intramolecular Hbond substituents is 1. The topological polar surface area (TPSA) is 50.5 Å². The molecule has 1 aliphatic rings. The highest BCUT2D eigenvalue weighted by atomic mass is 16.3. The summed E-state index contributed by atoms with van der Waals surface area (Å²) in [5.74, 6) is 0.306. The lowest BCUT2D eigenvalue weighted by molar-refractivity contribution is -0.930. The standard InChI is InChI=1S/C20H21N3O/c24-20-17(9-8-15-6-5-11-22-18(15)20)19(16-7-4-10-21-14-16)23-12-2-1-3-13-23/h4-11,14,19,24H,1-3,12-13H2/p+1/t19-/m1/s1. The Labute approximate surface area is 141 Å². The van der Waals surface area contributed by atoms with Crippen LogP contribution in [0, 0.1) is 0 Å². The molecular weight excluding hydrogens is 298 g/mol. The van der Waals surface area contributed by atoms with E-state index in [4.69, 9.17) is 0 Å². The summed E-state index contributed by atoms with van der Waals surface area (Å²) < 4.78 is 0. The van der Waals surface area contributed by atoms with Gasteiger partial charge in [-0.15, -0.1) is 0 Å². The number of nitrogens with one attached hydrogen (secondary N) is 1. The minimum Gasteiger partial charge on any atom is -0.505 e. The van der Waals surface area contributed by atoms with Crippen LogP contribution in [-0.4, -0.2) is 28.2 Å². The third-order valence-electron chi connectivity index (χ3n) is 5.01. The van der Waals surface area contributed by atoms with Gasteiger partial charge < -0.3 is 10.0 Å². The number of likely N-dealkylation sites (tertiary alicyclic amines) is 1. The van der Waals surface area contributed by atoms with Gasteiger partial charge in [0.1, 0.15) is 11.6 Å². The number of hydrogen-bond donors (Lipinski definition) is 2. The number of aromatic hydroxyl groups is 1. The first-order valence-electron chi connectivity index (χ1n) is 8.65. The van der Waals surface area contributed by atoms with Crippen molar-refractivity contribution in [2.75, 3.05) is 13.1 Å². The molecule has 0 unspecified atom stereocenters. The summed E-state index contributed by atoms with van der Waals surface area (Å²) in [6.07, 6.45) is 9.23. The predicted octanol–water partition coefficient (Wildman–Crippen LogP) is 2.49. The van der Waals surface area contributed by atoms with E-state index in [1.54, 1.807) is 12.4 Å². The Morgan fingerprint density at radius 1 is 0.958 bits per heavy atom. The number of nitrogens with zero attached hydrogens (tertiary/aromatic N) is 2. The van der Waals surface area contributed by atoms with Crippen LogP contribution in [0.15, 0.2) is 55.0 Å². The van der Waals surface area contributed by atoms with Gasteiger partial charge >= 0.3 is 0 Å². The first kappa shape index (κ1) is 15.1. The van der Waals surface area contributed by atoms with Crippen LogP contribution in [0.5, 0.6) is 5.75 Å². The molecular formula is C20H22N3O+. The molecule has 24 heavy (non-hydrogen) atoms. The molecule has 4 rings (SSSR count). The second-order valence-corrected chi connectivity index (χ2v) is 6.52. The van der Waals surface area contributed by atoms with Crippen molar-refractivity contribution in [3.05, 3.63) is 66.1 Å². The highest BCUT2D eigenvalue weighted by Gasteiger charge is 2.30. The predicted molar refractivity (Wildman–Crippen MR) is 94.0 cm³/mol. The number of fused-ring (bicyclic) bond motifs is 1. The van der Waals surface area contributed by atoms with Gasteiger partial charge in [-0.2, -0.15) is 0 Å². The zero-order chi connectivity index (χ0) is 16.4. The molecule has 2 aromatic heterocycles. The Morgan fingerprint density at radius 3 is 2.58 bits per heavy atom. The molecule has 4 nitrogen and oxygen atoms in total. The fraction of sp³-hybridized carbons (Fsp3) is 0.300. The van der Waals surface area contributed by atoms with E-state index in [0.29, 0.717) is 11.3 Å². The van der Waals surface area contributed by atoms with Crippen molar-refractivity contribution in [2.24, 2.45) is 0 Å². The van der Waals surface area contributed by atoms with Gasteiger partial charge in [0.15, 0.2) is 5.75 Å². The molecule has 1 aliphatic heterocycles. The average molecular weight is 320 g/mol. The van der Waals surface area contributed by atoms with E-state index in [1.165, 1.54) is 24.2 Å². The number of rotatable bonds is 3. The fourth-order valence-corrected chi connectivity index (χ4v) is 3.85. The van der Waals surface area contributed by atoms with Gasteiger partial charge in [0.25, 0.3) is 0 Å². The molecule has 3 aromatic rings. The van der Waals surface area contributed by atoms with Crippen LogP contribution in [0.1, 0.15) is 36.4 Å². The average Bonchev–Trinajstić information content (AvgIpc) is 2.66. The van der Waals surface area contributed by atoms with Gasteiger partial charge in [0.05, 0.1) is 18.7 Å². The lowest BCUT2D eigenvalue weighted by Crippen LogP contribution is -3.13. The summed E-state index contributed by atoms with van der Waals surface area (Å²) >= 11 is 0. The summed E-state index contributed by atoms with van der Waals surface area (Å²) in [5.41, 5.74) is 2.78. The van der Waals surface area contributed by atoms with Crippen LogP contribution < -0.4 is 4.90 Å². The van der Waals surface area contributed by atoms with Crippen molar-refractivity contribution in [3.63, 3.8) is 0 Å². The van der Waals surface area contributed by atoms with Crippen molar-refractivity contribution in [3.8, 4) is 5.75 Å². The number of piperidine rings is 1. The van der Waals surface area contributed by atoms with Gasteiger partial charge in [-0.1, -0.05) is 12.1 Å². The number of aromatic nitrogens is 2. The zero-order valence-electron chi connectivity index (χ0n) is 13.7. The van der Waals surface area contributed by atoms with E-state index in [2.05, 4.69) is 28.2 Å². The lowest BCUT2D eigenvalue weighted by Gasteiger charge is -2.32. The van der Waals surface area contributed by atoms with Crippen molar-refractivity contribution in [1.82, 2.24) is 9.97 Å². The SMILES string of the molecule is Oc1c([C@@H](c2cccnc2)[NH+]2CCCCC2)ccc2cccnc12. The summed E-state index contributed by atoms with van der Waals surface area (Å²) in [6.45, 7) is 2.25. The molecule has 0 radical (unpaired) electrons. The molecule has 0 saturated carbocycles. The Balaban J connectivity index is 1.85. The van der Waals surface area contributed by atoms with Gasteiger partial charge in [-0.25, -0.2) is 0 Å². The maximum absolute atomic E-state index is 10.9. The van der Waals surface area contributed by atoms with Crippen LogP contribution in [0.25, 0.3) is 10.9 Å². The van der Waals surface area contributed by atoms with Crippen molar-refractivity contribution >= 4 is 10.9 Å². The maximum Gasteiger partial charge on any atom is 0.151 e. The third kappa shape index (κ3) is 2.74. The molecule has 3 heterocycles. The largest absolute Gasteiger partial charge is 0.505 e. The second kappa shape index (κ2) is 6.57. The van der Waals surface area contributed by atoms with Crippen LogP contribution in [-0.2, 0) is 0 Å². The highest BCUT2D eigenvalue weighted by molar-refractivity contribution is 5.85. The van der Waals surface area contributed by atoms with Crippen LogP contribution in [0.3, 0.4) is 0 Å². The number of phenols is 1. The van der Waals surface area contributed by atoms with Gasteiger partial charge in [0, 0.05) is 29.5 Å². The molecule has 2 N–H and O–H groups in total. The molecule has 1 fully saturated rings. The number of quaternary nitrogens is 1. The molecule has 1 atom stereocenters. The molecule has 122 valence electrons. The Kier molecular flexibility index (Phi) is 4.13. The van der Waals surface area contributed by atoms with Crippen LogP contribution in [0.4, 0.5) is 0 Å². The zero-order valence-corrected chi connectivity index (χ0v) is 13.7. The molecule has 1 aromatic carbocycles. The smallest absolute Gasteiger partial charge is 0.151 e. The van der Waals surface area contributed by atoms with Crippen molar-refractivity contribution in [2.45, 2.75) is 25.3 Å². The number of hydrogen-bond acceptors (Lipinski definition) is 3. The summed E-state index contributed by atoms with van der Waals surface area (Å²) in [4.78, 5) is 10.2. The van der Waals surface area contributed by atoms with Crippen LogP contribution >= 0.6 is 0 Å². The monoisotopic (exact) mass is 320 g/mol. The normalized spacial score (nSPS) is 17.0. The van der Waals surface area contributed by atoms with E-state index in [0.717, 1.165) is 29.6 Å². The summed E-state index contributed by atoms with van der Waals surface area (Å²) in [5, 5.41) is 11.9. The first-order valence-corrected chi connectivity index (χ1v) is 8.65. The van der Waals surface area contributed by atoms with Gasteiger partial charge in [-0.3, -0.25) is 9.97 Å². The summed E-state index contributed by atoms with van der Waals surface area (Å²) in [6, 6.07) is 12.2. The van der Waals surface area contributed by atoms with E-state index >= 15 is 0 Å². The first-order chi connectivity index (χ1) is 11.8. The van der Waals surface area contributed by atoms with E-state index in [9.17, 15) is 5.11 Å². The molecule has 0 bridgehead atoms. The van der Waals surface area contributed by atoms with Gasteiger partial charge in [-0.05, 0) is 43.5 Å². The lowest BCUT2D eigenvalue weighted by atomic mass is 9.94. The molecule has 4 heteroatoms. The van der Waals surface area contributed by atoms with E-state index in [-0.39, 0.29) is 6.04 Å². The van der Waals surface area contributed by atoms with Gasteiger partial charge in [0.2, 0.25) is 0 Å². The minimum absolute atomic E-state index is 0.102. The second-order valence-electron chi connectivity index (χ2n) is 6.52. The fourth-order valence-electron chi connectivity index (χ4n) is 3.85. The highest BCUT2D eigenvalue weighted by Crippen LogP contribution is 2.33. The Hall–Kier alpha value is -2.46. The molecule has 0 spiro atoms. The van der Waals surface area contributed by atoms with Crippen molar-refractivity contribution < 1.29 is 10.0 Å². The Morgan fingerprint density at radius 2 is 1.79 bits per heavy atom. The maximum atomic E-state index is 10.9. The van der Waals surface area contributed by atoms with Crippen molar-refractivity contribution in [1.29, 1.82) is 0 Å². The van der Waals surface area contributed by atoms with E-state index in [1.807, 2.05) is 24.4 Å². The molecule has 0 amide bonds. The summed E-state index contributed by atoms with van der Waals surface area (Å²) in [7, 11) is 0. The minimum atomic E-state index is 0.102. The quantitative estimate of drug-likeness (QED) is 0.779. The van der Waals surface area contributed by atoms with Crippen LogP contribution in [0.2, 0.25) is 0 Å². The van der Waals surface area contributed by atoms with E-state index < -0.39 is 0 Å². The number of benzene rings is 1. The molecule has 1 saturated heterocycles. The third-order valence-corrected chi connectivity index (χ3v) is 5.01. The Bertz CT molecular complexity index is 829.